The maximum absolute atomic E-state index is 13.7. The first-order valence-electron chi connectivity index (χ1n) is 7.25. The molecule has 0 unspecified atom stereocenters. The SMILES string of the molecule is CCn1ncc(/C=N/NC(=O)CCn2cc([N+](=O)[O-])c(OC)n2)c1F. The number of carbonyl (C=O) groups is 1. The third-order valence-electron chi connectivity index (χ3n) is 3.16. The second-order valence-electron chi connectivity index (χ2n) is 4.79. The van der Waals surface area contributed by atoms with Crippen LogP contribution in [0, 0.1) is 16.1 Å². The Kier molecular flexibility index (Phi) is 5.76. The van der Waals surface area contributed by atoms with Crippen LogP contribution in [0.1, 0.15) is 18.9 Å². The minimum atomic E-state index is -0.627. The molecule has 0 radical (unpaired) electrons. The molecule has 0 atom stereocenters. The van der Waals surface area contributed by atoms with Crippen molar-refractivity contribution in [1.82, 2.24) is 25.0 Å². The van der Waals surface area contributed by atoms with E-state index in [-0.39, 0.29) is 30.1 Å². The normalized spacial score (nSPS) is 11.0. The summed E-state index contributed by atoms with van der Waals surface area (Å²) in [6.45, 7) is 2.21. The Bertz CT molecular complexity index is 798. The predicted molar refractivity (Wildman–Crippen MR) is 83.6 cm³/mol. The Labute approximate surface area is 141 Å². The maximum atomic E-state index is 13.7. The van der Waals surface area contributed by atoms with Gasteiger partial charge >= 0.3 is 11.6 Å². The molecule has 1 amide bonds. The van der Waals surface area contributed by atoms with Gasteiger partial charge in [-0.05, 0) is 6.92 Å². The molecule has 0 bridgehead atoms. The van der Waals surface area contributed by atoms with Crippen molar-refractivity contribution in [2.24, 2.45) is 5.10 Å². The number of hydrogen-bond donors (Lipinski definition) is 1. The summed E-state index contributed by atoms with van der Waals surface area (Å²) >= 11 is 0. The van der Waals surface area contributed by atoms with Crippen molar-refractivity contribution in [2.75, 3.05) is 7.11 Å². The van der Waals surface area contributed by atoms with E-state index in [1.54, 1.807) is 6.92 Å². The summed E-state index contributed by atoms with van der Waals surface area (Å²) in [5.74, 6) is -1.14. The van der Waals surface area contributed by atoms with Crippen LogP contribution in [0.5, 0.6) is 5.88 Å². The fourth-order valence-corrected chi connectivity index (χ4v) is 1.92. The Morgan fingerprint density at radius 3 is 2.92 bits per heavy atom. The first-order valence-corrected chi connectivity index (χ1v) is 7.25. The molecule has 0 aliphatic heterocycles. The minimum absolute atomic E-state index is 0.0317. The summed E-state index contributed by atoms with van der Waals surface area (Å²) in [7, 11) is 1.26. The Balaban J connectivity index is 1.87. The van der Waals surface area contributed by atoms with Crippen LogP contribution in [0.4, 0.5) is 10.1 Å². The molecule has 0 aliphatic rings. The molecule has 12 heteroatoms. The number of carbonyl (C=O) groups excluding carboxylic acids is 1. The van der Waals surface area contributed by atoms with E-state index in [0.29, 0.717) is 6.54 Å². The van der Waals surface area contributed by atoms with Gasteiger partial charge in [-0.25, -0.2) is 10.1 Å². The zero-order valence-electron chi connectivity index (χ0n) is 13.5. The van der Waals surface area contributed by atoms with Crippen molar-refractivity contribution in [2.45, 2.75) is 26.4 Å². The number of ether oxygens (including phenoxy) is 1. The predicted octanol–water partition coefficient (Wildman–Crippen LogP) is 0.696. The summed E-state index contributed by atoms with van der Waals surface area (Å²) in [5, 5.41) is 22.1. The van der Waals surface area contributed by atoms with Gasteiger partial charge in [-0.2, -0.15) is 14.6 Å². The number of amides is 1. The van der Waals surface area contributed by atoms with E-state index in [0.717, 1.165) is 10.9 Å². The standard InChI is InChI=1S/C13H16FN7O4/c1-3-20-12(14)9(7-16-20)6-15-17-11(22)4-5-19-8-10(21(23)24)13(18-19)25-2/h6-8H,3-5H2,1-2H3,(H,17,22)/b15-6+. The first-order chi connectivity index (χ1) is 12.0. The minimum Gasteiger partial charge on any atom is -0.475 e. The van der Waals surface area contributed by atoms with E-state index < -0.39 is 16.8 Å². The van der Waals surface area contributed by atoms with Crippen molar-refractivity contribution in [1.29, 1.82) is 0 Å². The summed E-state index contributed by atoms with van der Waals surface area (Å²) in [5.41, 5.74) is 2.09. The van der Waals surface area contributed by atoms with Crippen LogP contribution in [0.3, 0.4) is 0 Å². The number of halogens is 1. The van der Waals surface area contributed by atoms with Crippen molar-refractivity contribution >= 4 is 17.8 Å². The number of aryl methyl sites for hydroxylation is 2. The van der Waals surface area contributed by atoms with Gasteiger partial charge in [0, 0.05) is 13.0 Å². The molecule has 2 rings (SSSR count). The van der Waals surface area contributed by atoms with Gasteiger partial charge in [0.25, 0.3) is 0 Å². The van der Waals surface area contributed by atoms with Gasteiger partial charge in [0.15, 0.2) is 0 Å². The molecule has 0 aromatic carbocycles. The molecule has 2 aromatic rings. The highest BCUT2D eigenvalue weighted by molar-refractivity contribution is 5.82. The van der Waals surface area contributed by atoms with E-state index >= 15 is 0 Å². The van der Waals surface area contributed by atoms with Crippen LogP contribution in [-0.2, 0) is 17.9 Å². The van der Waals surface area contributed by atoms with Crippen LogP contribution in [0.15, 0.2) is 17.5 Å². The van der Waals surface area contributed by atoms with Crippen molar-refractivity contribution in [3.63, 3.8) is 0 Å². The fourth-order valence-electron chi connectivity index (χ4n) is 1.92. The lowest BCUT2D eigenvalue weighted by molar-refractivity contribution is -0.385. The molecular weight excluding hydrogens is 337 g/mol. The van der Waals surface area contributed by atoms with Gasteiger partial charge in [0.1, 0.15) is 6.20 Å². The van der Waals surface area contributed by atoms with Gasteiger partial charge in [-0.3, -0.25) is 19.6 Å². The Hall–Kier alpha value is -3.31. The van der Waals surface area contributed by atoms with Crippen LogP contribution in [-0.4, -0.2) is 43.7 Å². The molecule has 0 saturated heterocycles. The van der Waals surface area contributed by atoms with Crippen LogP contribution in [0.25, 0.3) is 0 Å². The van der Waals surface area contributed by atoms with Gasteiger partial charge in [-0.1, -0.05) is 0 Å². The molecular formula is C13H16FN7O4. The molecule has 11 nitrogen and oxygen atoms in total. The molecule has 2 heterocycles. The molecule has 0 spiro atoms. The largest absolute Gasteiger partial charge is 0.475 e. The highest BCUT2D eigenvalue weighted by Gasteiger charge is 2.20. The molecule has 0 fully saturated rings. The number of hydrogen-bond acceptors (Lipinski definition) is 7. The topological polar surface area (TPSA) is 129 Å². The fraction of sp³-hybridized carbons (Fsp3) is 0.385. The zero-order valence-corrected chi connectivity index (χ0v) is 13.5. The molecule has 2 aromatic heterocycles. The zero-order chi connectivity index (χ0) is 18.4. The Morgan fingerprint density at radius 1 is 1.60 bits per heavy atom. The maximum Gasteiger partial charge on any atom is 0.350 e. The van der Waals surface area contributed by atoms with Crippen LogP contribution < -0.4 is 10.2 Å². The van der Waals surface area contributed by atoms with Crippen molar-refractivity contribution < 1.29 is 18.8 Å². The quantitative estimate of drug-likeness (QED) is 0.422. The molecule has 0 saturated carbocycles. The number of nitro groups is 1. The highest BCUT2D eigenvalue weighted by atomic mass is 19.1. The third kappa shape index (κ3) is 4.37. The monoisotopic (exact) mass is 353 g/mol. The average Bonchev–Trinajstić information content (AvgIpc) is 3.17. The summed E-state index contributed by atoms with van der Waals surface area (Å²) < 4.78 is 20.9. The third-order valence-corrected chi connectivity index (χ3v) is 3.16. The Morgan fingerprint density at radius 2 is 2.36 bits per heavy atom. The molecule has 0 aliphatic carbocycles. The summed E-state index contributed by atoms with van der Waals surface area (Å²) in [4.78, 5) is 21.9. The van der Waals surface area contributed by atoms with Crippen molar-refractivity contribution in [3.8, 4) is 5.88 Å². The van der Waals surface area contributed by atoms with E-state index in [9.17, 15) is 19.3 Å². The smallest absolute Gasteiger partial charge is 0.350 e. The van der Waals surface area contributed by atoms with Gasteiger partial charge in [-0.15, -0.1) is 5.10 Å². The lowest BCUT2D eigenvalue weighted by Crippen LogP contribution is -2.19. The first kappa shape index (κ1) is 18.0. The molecule has 1 N–H and O–H groups in total. The van der Waals surface area contributed by atoms with Crippen molar-refractivity contribution in [3.05, 3.63) is 34.0 Å². The number of nitrogens with one attached hydrogen (secondary N) is 1. The van der Waals surface area contributed by atoms with E-state index in [2.05, 4.69) is 20.7 Å². The van der Waals surface area contributed by atoms with E-state index in [1.165, 1.54) is 24.2 Å². The second kappa shape index (κ2) is 7.99. The second-order valence-corrected chi connectivity index (χ2v) is 4.79. The summed E-state index contributed by atoms with van der Waals surface area (Å²) in [6, 6.07) is 0. The highest BCUT2D eigenvalue weighted by Crippen LogP contribution is 2.23. The lowest BCUT2D eigenvalue weighted by atomic mass is 10.4. The summed E-state index contributed by atoms with van der Waals surface area (Å²) in [6.07, 6.45) is 3.58. The molecule has 25 heavy (non-hydrogen) atoms. The number of methoxy groups -OCH3 is 1. The van der Waals surface area contributed by atoms with Gasteiger partial charge in [0.2, 0.25) is 11.9 Å². The van der Waals surface area contributed by atoms with Gasteiger partial charge in [0.05, 0.1) is 36.6 Å². The van der Waals surface area contributed by atoms with Crippen LogP contribution >= 0.6 is 0 Å². The van der Waals surface area contributed by atoms with E-state index in [4.69, 9.17) is 4.74 Å². The molecule has 134 valence electrons. The average molecular weight is 353 g/mol. The van der Waals surface area contributed by atoms with Crippen LogP contribution in [0.2, 0.25) is 0 Å². The number of nitrogens with zero attached hydrogens (tertiary/aromatic N) is 6. The number of aromatic nitrogens is 4. The number of rotatable bonds is 8. The van der Waals surface area contributed by atoms with E-state index in [1.807, 2.05) is 0 Å². The van der Waals surface area contributed by atoms with Gasteiger partial charge < -0.3 is 4.74 Å². The lowest BCUT2D eigenvalue weighted by Gasteiger charge is -2.00. The number of hydrazone groups is 1.